The number of amides is 3. The molecule has 2 saturated heterocycles. The Morgan fingerprint density at radius 3 is 2.36 bits per heavy atom. The number of anilines is 1. The Labute approximate surface area is 135 Å². The third kappa shape index (κ3) is 3.11. The average Bonchev–Trinajstić information content (AvgIpc) is 3.26. The molecular weight excluding hydrogens is 298 g/mol. The first-order chi connectivity index (χ1) is 10.7. The molecule has 0 radical (unpaired) electrons. The number of piperidine rings is 1. The van der Waals surface area contributed by atoms with Gasteiger partial charge in [0.2, 0.25) is 5.91 Å². The predicted molar refractivity (Wildman–Crippen MR) is 88.2 cm³/mol. The number of carbonyl (C=O) groups is 2. The maximum atomic E-state index is 12.5. The third-order valence-electron chi connectivity index (χ3n) is 4.72. The first kappa shape index (κ1) is 15.3. The second-order valence-corrected chi connectivity index (χ2v) is 6.90. The zero-order valence-electron chi connectivity index (χ0n) is 13.0. The van der Waals surface area contributed by atoms with E-state index >= 15 is 0 Å². The van der Waals surface area contributed by atoms with Crippen molar-refractivity contribution < 1.29 is 9.59 Å². The Morgan fingerprint density at radius 2 is 1.77 bits per heavy atom. The van der Waals surface area contributed by atoms with Gasteiger partial charge in [0, 0.05) is 44.5 Å². The highest BCUT2D eigenvalue weighted by molar-refractivity contribution is 7.08. The molecule has 2 fully saturated rings. The number of hydrogen-bond donors (Lipinski definition) is 0. The Hall–Kier alpha value is -1.56. The molecule has 5 nitrogen and oxygen atoms in total. The summed E-state index contributed by atoms with van der Waals surface area (Å²) >= 11 is 1.60. The summed E-state index contributed by atoms with van der Waals surface area (Å²) in [7, 11) is 1.84. The number of urea groups is 1. The predicted octanol–water partition coefficient (Wildman–Crippen LogP) is 2.64. The van der Waals surface area contributed by atoms with Crippen LogP contribution >= 0.6 is 11.3 Å². The molecule has 1 aromatic heterocycles. The highest BCUT2D eigenvalue weighted by Gasteiger charge is 2.31. The van der Waals surface area contributed by atoms with Crippen molar-refractivity contribution >= 4 is 29.0 Å². The molecule has 0 unspecified atom stereocenters. The van der Waals surface area contributed by atoms with Gasteiger partial charge in [-0.05, 0) is 37.1 Å². The van der Waals surface area contributed by atoms with Crippen molar-refractivity contribution in [2.45, 2.75) is 25.7 Å². The smallest absolute Gasteiger partial charge is 0.319 e. The van der Waals surface area contributed by atoms with Crippen molar-refractivity contribution in [2.24, 2.45) is 5.92 Å². The Morgan fingerprint density at radius 1 is 1.14 bits per heavy atom. The molecule has 6 heteroatoms. The number of nitrogens with zero attached hydrogens (tertiary/aromatic N) is 3. The van der Waals surface area contributed by atoms with E-state index in [2.05, 4.69) is 0 Å². The third-order valence-corrected chi connectivity index (χ3v) is 5.39. The van der Waals surface area contributed by atoms with E-state index in [1.807, 2.05) is 33.7 Å². The largest absolute Gasteiger partial charge is 0.325 e. The number of likely N-dealkylation sites (tertiary alicyclic amines) is 2. The summed E-state index contributed by atoms with van der Waals surface area (Å²) in [4.78, 5) is 30.5. The van der Waals surface area contributed by atoms with E-state index in [1.54, 1.807) is 16.2 Å². The maximum absolute atomic E-state index is 12.5. The Balaban J connectivity index is 1.53. The lowest BCUT2D eigenvalue weighted by Gasteiger charge is -2.35. The molecule has 1 aromatic rings. The monoisotopic (exact) mass is 321 g/mol. The van der Waals surface area contributed by atoms with E-state index < -0.39 is 0 Å². The van der Waals surface area contributed by atoms with Crippen molar-refractivity contribution in [2.75, 3.05) is 38.1 Å². The Kier molecular flexibility index (Phi) is 4.66. The summed E-state index contributed by atoms with van der Waals surface area (Å²) in [5, 5.41) is 3.97. The van der Waals surface area contributed by atoms with Crippen LogP contribution in [0.4, 0.5) is 10.5 Å². The second kappa shape index (κ2) is 6.69. The van der Waals surface area contributed by atoms with Gasteiger partial charge in [0.15, 0.2) is 0 Å². The fourth-order valence-electron chi connectivity index (χ4n) is 3.28. The minimum atomic E-state index is 0.0347. The molecule has 0 aliphatic carbocycles. The van der Waals surface area contributed by atoms with Crippen LogP contribution in [0.25, 0.3) is 0 Å². The van der Waals surface area contributed by atoms with E-state index in [1.165, 1.54) is 0 Å². The minimum absolute atomic E-state index is 0.0347. The van der Waals surface area contributed by atoms with Gasteiger partial charge in [0.1, 0.15) is 0 Å². The summed E-state index contributed by atoms with van der Waals surface area (Å²) in [6.07, 6.45) is 3.78. The number of thiophene rings is 1. The quantitative estimate of drug-likeness (QED) is 0.840. The van der Waals surface area contributed by atoms with E-state index in [0.717, 1.165) is 44.5 Å². The number of carbonyl (C=O) groups excluding carboxylic acids is 2. The van der Waals surface area contributed by atoms with Crippen LogP contribution in [-0.4, -0.2) is 55.0 Å². The lowest BCUT2D eigenvalue weighted by Crippen LogP contribution is -2.48. The van der Waals surface area contributed by atoms with Gasteiger partial charge in [-0.1, -0.05) is 0 Å². The van der Waals surface area contributed by atoms with Gasteiger partial charge < -0.3 is 14.7 Å². The molecule has 3 rings (SSSR count). The second-order valence-electron chi connectivity index (χ2n) is 6.12. The van der Waals surface area contributed by atoms with Crippen LogP contribution < -0.4 is 4.90 Å². The van der Waals surface area contributed by atoms with E-state index in [9.17, 15) is 9.59 Å². The highest BCUT2D eigenvalue weighted by atomic mass is 32.1. The lowest BCUT2D eigenvalue weighted by atomic mass is 9.95. The lowest BCUT2D eigenvalue weighted by molar-refractivity contribution is -0.123. The van der Waals surface area contributed by atoms with Gasteiger partial charge in [-0.25, -0.2) is 4.79 Å². The van der Waals surface area contributed by atoms with E-state index in [-0.39, 0.29) is 17.9 Å². The van der Waals surface area contributed by atoms with Crippen molar-refractivity contribution in [3.05, 3.63) is 16.8 Å². The minimum Gasteiger partial charge on any atom is -0.325 e. The summed E-state index contributed by atoms with van der Waals surface area (Å²) < 4.78 is 0. The molecule has 22 heavy (non-hydrogen) atoms. The zero-order valence-corrected chi connectivity index (χ0v) is 13.8. The van der Waals surface area contributed by atoms with Gasteiger partial charge in [-0.2, -0.15) is 11.3 Å². The topological polar surface area (TPSA) is 43.9 Å². The normalized spacial score (nSPS) is 19.5. The zero-order chi connectivity index (χ0) is 15.5. The average molecular weight is 321 g/mol. The SMILES string of the molecule is CN(C(=O)C1CCN(C(=O)N2CCCC2)CC1)c1ccsc1. The fraction of sp³-hybridized carbons (Fsp3) is 0.625. The van der Waals surface area contributed by atoms with Crippen molar-refractivity contribution in [3.63, 3.8) is 0 Å². The summed E-state index contributed by atoms with van der Waals surface area (Å²) in [6, 6.07) is 2.13. The molecule has 0 N–H and O–H groups in total. The van der Waals surface area contributed by atoms with E-state index in [4.69, 9.17) is 0 Å². The highest BCUT2D eigenvalue weighted by Crippen LogP contribution is 2.25. The molecule has 3 amide bonds. The summed E-state index contributed by atoms with van der Waals surface area (Å²) in [5.41, 5.74) is 0.963. The van der Waals surface area contributed by atoms with Crippen molar-refractivity contribution in [1.29, 1.82) is 0 Å². The standard InChI is InChI=1S/C16H23N3O2S/c1-17(14-6-11-22-12-14)15(20)13-4-9-19(10-5-13)16(21)18-7-2-3-8-18/h6,11-13H,2-5,7-10H2,1H3. The number of rotatable bonds is 2. The molecule has 0 aromatic carbocycles. The molecule has 0 bridgehead atoms. The van der Waals surface area contributed by atoms with Crippen molar-refractivity contribution in [1.82, 2.24) is 9.80 Å². The molecule has 2 aliphatic rings. The van der Waals surface area contributed by atoms with Crippen LogP contribution in [0.1, 0.15) is 25.7 Å². The van der Waals surface area contributed by atoms with Crippen LogP contribution in [0, 0.1) is 5.92 Å². The first-order valence-electron chi connectivity index (χ1n) is 8.00. The molecule has 0 atom stereocenters. The first-order valence-corrected chi connectivity index (χ1v) is 8.94. The van der Waals surface area contributed by atoms with E-state index in [0.29, 0.717) is 13.1 Å². The molecule has 3 heterocycles. The molecule has 0 saturated carbocycles. The Bertz CT molecular complexity index is 518. The van der Waals surface area contributed by atoms with Crippen LogP contribution in [0.2, 0.25) is 0 Å². The van der Waals surface area contributed by atoms with Crippen LogP contribution in [0.3, 0.4) is 0 Å². The van der Waals surface area contributed by atoms with Crippen LogP contribution in [0.5, 0.6) is 0 Å². The maximum Gasteiger partial charge on any atom is 0.319 e. The molecule has 120 valence electrons. The molecule has 0 spiro atoms. The van der Waals surface area contributed by atoms with Gasteiger partial charge in [0.25, 0.3) is 0 Å². The number of hydrogen-bond acceptors (Lipinski definition) is 3. The van der Waals surface area contributed by atoms with Crippen LogP contribution in [0.15, 0.2) is 16.8 Å². The summed E-state index contributed by atoms with van der Waals surface area (Å²) in [6.45, 7) is 3.17. The van der Waals surface area contributed by atoms with Gasteiger partial charge >= 0.3 is 6.03 Å². The molecular formula is C16H23N3O2S. The fourth-order valence-corrected chi connectivity index (χ4v) is 3.95. The van der Waals surface area contributed by atoms with Gasteiger partial charge in [-0.3, -0.25) is 4.79 Å². The van der Waals surface area contributed by atoms with Gasteiger partial charge in [-0.15, -0.1) is 0 Å². The summed E-state index contributed by atoms with van der Waals surface area (Å²) in [5.74, 6) is 0.208. The van der Waals surface area contributed by atoms with Crippen LogP contribution in [-0.2, 0) is 4.79 Å². The molecule has 2 aliphatic heterocycles. The van der Waals surface area contributed by atoms with Crippen molar-refractivity contribution in [3.8, 4) is 0 Å². The van der Waals surface area contributed by atoms with Gasteiger partial charge in [0.05, 0.1) is 5.69 Å².